The van der Waals surface area contributed by atoms with Crippen LogP contribution in [0, 0.1) is 12.7 Å². The van der Waals surface area contributed by atoms with Crippen LogP contribution in [-0.2, 0) is 0 Å². The fraction of sp³-hybridized carbons (Fsp3) is 0.0625. The van der Waals surface area contributed by atoms with Gasteiger partial charge in [0.05, 0.1) is 16.5 Å². The lowest BCUT2D eigenvalue weighted by Crippen LogP contribution is -2.00. The quantitative estimate of drug-likeness (QED) is 0.645. The molecule has 0 saturated heterocycles. The summed E-state index contributed by atoms with van der Waals surface area (Å²) in [5.74, 6) is -0.0687. The van der Waals surface area contributed by atoms with E-state index in [-0.39, 0.29) is 16.7 Å². The van der Waals surface area contributed by atoms with Crippen LogP contribution in [0.4, 0.5) is 4.39 Å². The van der Waals surface area contributed by atoms with Crippen LogP contribution >= 0.6 is 11.6 Å². The van der Waals surface area contributed by atoms with Crippen LogP contribution in [0.1, 0.15) is 5.56 Å². The van der Waals surface area contributed by atoms with E-state index in [2.05, 4.69) is 0 Å². The summed E-state index contributed by atoms with van der Waals surface area (Å²) in [6.45, 7) is 1.81. The van der Waals surface area contributed by atoms with Gasteiger partial charge in [-0.3, -0.25) is 0 Å². The molecule has 0 aliphatic carbocycles. The molecule has 1 heterocycles. The predicted molar refractivity (Wildman–Crippen MR) is 78.7 cm³/mol. The monoisotopic (exact) mass is 304 g/mol. The molecule has 0 saturated carbocycles. The maximum Gasteiger partial charge on any atom is 0.339 e. The lowest BCUT2D eigenvalue weighted by atomic mass is 10.2. The second-order valence-electron chi connectivity index (χ2n) is 4.53. The highest BCUT2D eigenvalue weighted by Crippen LogP contribution is 2.35. The van der Waals surface area contributed by atoms with Crippen LogP contribution in [0.25, 0.3) is 11.0 Å². The van der Waals surface area contributed by atoms with Crippen molar-refractivity contribution in [2.24, 2.45) is 0 Å². The molecule has 0 radical (unpaired) electrons. The topological polar surface area (TPSA) is 39.4 Å². The molecule has 0 bridgehead atoms. The number of ether oxygens (including phenoxy) is 1. The van der Waals surface area contributed by atoms with Gasteiger partial charge in [0.15, 0.2) is 0 Å². The molecule has 0 unspecified atom stereocenters. The van der Waals surface area contributed by atoms with Crippen LogP contribution in [0.2, 0.25) is 5.02 Å². The fourth-order valence-corrected chi connectivity index (χ4v) is 2.34. The summed E-state index contributed by atoms with van der Waals surface area (Å²) in [4.78, 5) is 11.6. The van der Waals surface area contributed by atoms with Gasteiger partial charge in [0.1, 0.15) is 22.9 Å². The zero-order valence-electron chi connectivity index (χ0n) is 11.0. The number of hydrogen-bond acceptors (Lipinski definition) is 3. The molecule has 106 valence electrons. The Labute approximate surface area is 124 Å². The zero-order valence-corrected chi connectivity index (χ0v) is 11.8. The van der Waals surface area contributed by atoms with Gasteiger partial charge in [0.25, 0.3) is 0 Å². The minimum absolute atomic E-state index is 0.0792. The van der Waals surface area contributed by atoms with E-state index in [1.807, 2.05) is 13.0 Å². The summed E-state index contributed by atoms with van der Waals surface area (Å²) in [6, 6.07) is 10.6. The number of aryl methyl sites for hydroxylation is 1. The molecule has 21 heavy (non-hydrogen) atoms. The lowest BCUT2D eigenvalue weighted by molar-refractivity contribution is 0.468. The van der Waals surface area contributed by atoms with E-state index < -0.39 is 11.4 Å². The van der Waals surface area contributed by atoms with E-state index in [1.165, 1.54) is 18.2 Å². The van der Waals surface area contributed by atoms with Crippen molar-refractivity contribution in [1.82, 2.24) is 0 Å². The molecule has 3 aromatic rings. The first-order valence-corrected chi connectivity index (χ1v) is 6.59. The highest BCUT2D eigenvalue weighted by molar-refractivity contribution is 6.32. The van der Waals surface area contributed by atoms with E-state index in [0.717, 1.165) is 11.6 Å². The Hall–Kier alpha value is -2.33. The highest BCUT2D eigenvalue weighted by Gasteiger charge is 2.14. The first-order valence-electron chi connectivity index (χ1n) is 6.21. The molecule has 0 aliphatic rings. The maximum absolute atomic E-state index is 14.0. The van der Waals surface area contributed by atoms with Gasteiger partial charge in [-0.15, -0.1) is 0 Å². The second-order valence-corrected chi connectivity index (χ2v) is 4.94. The number of halogens is 2. The van der Waals surface area contributed by atoms with Crippen molar-refractivity contribution < 1.29 is 13.5 Å². The SMILES string of the molecule is Cc1cccc(Cl)c1Oc1cc(=O)oc2cccc(F)c12. The standard InChI is InChI=1S/C16H10ClFO3/c1-9-4-2-5-10(17)16(9)21-13-8-14(19)20-12-7-3-6-11(18)15(12)13/h2-8H,1H3. The first-order chi connectivity index (χ1) is 10.1. The van der Waals surface area contributed by atoms with Crippen LogP contribution < -0.4 is 10.4 Å². The van der Waals surface area contributed by atoms with Crippen LogP contribution in [0.5, 0.6) is 11.5 Å². The molecule has 3 rings (SSSR count). The molecule has 0 atom stereocenters. The summed E-state index contributed by atoms with van der Waals surface area (Å²) in [7, 11) is 0. The predicted octanol–water partition coefficient (Wildman–Crippen LogP) is 4.69. The second kappa shape index (κ2) is 5.22. The average molecular weight is 305 g/mol. The van der Waals surface area contributed by atoms with Crippen molar-refractivity contribution in [2.45, 2.75) is 6.92 Å². The van der Waals surface area contributed by atoms with E-state index in [0.29, 0.717) is 10.8 Å². The third kappa shape index (κ3) is 2.50. The third-order valence-corrected chi connectivity index (χ3v) is 3.35. The van der Waals surface area contributed by atoms with Crippen molar-refractivity contribution >= 4 is 22.6 Å². The highest BCUT2D eigenvalue weighted by atomic mass is 35.5. The number of fused-ring (bicyclic) bond motifs is 1. The average Bonchev–Trinajstić information content (AvgIpc) is 2.42. The van der Waals surface area contributed by atoms with E-state index in [1.54, 1.807) is 12.1 Å². The molecule has 2 aromatic carbocycles. The molecule has 1 aromatic heterocycles. The molecule has 3 nitrogen and oxygen atoms in total. The largest absolute Gasteiger partial charge is 0.454 e. The van der Waals surface area contributed by atoms with Crippen LogP contribution in [0.3, 0.4) is 0 Å². The van der Waals surface area contributed by atoms with Crippen molar-refractivity contribution in [3.63, 3.8) is 0 Å². The summed E-state index contributed by atoms with van der Waals surface area (Å²) >= 11 is 6.09. The van der Waals surface area contributed by atoms with Crippen molar-refractivity contribution in [2.75, 3.05) is 0 Å². The Bertz CT molecular complexity index is 866. The minimum atomic E-state index is -0.618. The fourth-order valence-electron chi connectivity index (χ4n) is 2.08. The molecule has 0 spiro atoms. The first kappa shape index (κ1) is 13.6. The van der Waals surface area contributed by atoms with Gasteiger partial charge in [-0.05, 0) is 30.7 Å². The smallest absolute Gasteiger partial charge is 0.339 e. The van der Waals surface area contributed by atoms with Crippen LogP contribution in [0.15, 0.2) is 51.7 Å². The Kier molecular flexibility index (Phi) is 3.39. The molecule has 0 fully saturated rings. The van der Waals surface area contributed by atoms with Crippen LogP contribution in [-0.4, -0.2) is 0 Å². The van der Waals surface area contributed by atoms with Crippen molar-refractivity contribution in [3.8, 4) is 11.5 Å². The maximum atomic E-state index is 14.0. The molecule has 5 heteroatoms. The zero-order chi connectivity index (χ0) is 15.0. The van der Waals surface area contributed by atoms with Gasteiger partial charge in [0, 0.05) is 0 Å². The molecule has 0 N–H and O–H groups in total. The molecular formula is C16H10ClFO3. The number of benzene rings is 2. The summed E-state index contributed by atoms with van der Waals surface area (Å²) in [5.41, 5.74) is 0.287. The third-order valence-electron chi connectivity index (χ3n) is 3.06. The Morgan fingerprint density at radius 2 is 1.95 bits per heavy atom. The van der Waals surface area contributed by atoms with E-state index in [4.69, 9.17) is 20.8 Å². The van der Waals surface area contributed by atoms with Gasteiger partial charge in [-0.1, -0.05) is 29.8 Å². The van der Waals surface area contributed by atoms with Gasteiger partial charge < -0.3 is 9.15 Å². The lowest BCUT2D eigenvalue weighted by Gasteiger charge is -2.12. The Morgan fingerprint density at radius 1 is 1.19 bits per heavy atom. The van der Waals surface area contributed by atoms with Gasteiger partial charge in [-0.2, -0.15) is 0 Å². The normalized spacial score (nSPS) is 10.8. The van der Waals surface area contributed by atoms with E-state index >= 15 is 0 Å². The summed E-state index contributed by atoms with van der Waals surface area (Å²) in [5, 5.41) is 0.490. The number of hydrogen-bond donors (Lipinski definition) is 0. The van der Waals surface area contributed by atoms with Gasteiger partial charge in [0.2, 0.25) is 0 Å². The Morgan fingerprint density at radius 3 is 2.71 bits per heavy atom. The summed E-state index contributed by atoms with van der Waals surface area (Å²) in [6.07, 6.45) is 0. The Balaban J connectivity index is 2.23. The van der Waals surface area contributed by atoms with Crippen molar-refractivity contribution in [3.05, 3.63) is 69.3 Å². The minimum Gasteiger partial charge on any atom is -0.454 e. The number of rotatable bonds is 2. The summed E-state index contributed by atoms with van der Waals surface area (Å²) < 4.78 is 24.7. The van der Waals surface area contributed by atoms with E-state index in [9.17, 15) is 9.18 Å². The van der Waals surface area contributed by atoms with Gasteiger partial charge >= 0.3 is 5.63 Å². The molecular weight excluding hydrogens is 295 g/mol. The van der Waals surface area contributed by atoms with Gasteiger partial charge in [-0.25, -0.2) is 9.18 Å². The van der Waals surface area contributed by atoms with Crippen molar-refractivity contribution in [1.29, 1.82) is 0 Å². The molecule has 0 amide bonds. The number of para-hydroxylation sites is 1. The molecule has 0 aliphatic heterocycles.